The van der Waals surface area contributed by atoms with Gasteiger partial charge in [-0.25, -0.2) is 4.39 Å². The van der Waals surface area contributed by atoms with Crippen molar-refractivity contribution in [2.75, 3.05) is 18.8 Å². The fourth-order valence-corrected chi connectivity index (χ4v) is 3.78. The molecule has 5 nitrogen and oxygen atoms in total. The summed E-state index contributed by atoms with van der Waals surface area (Å²) in [5.74, 6) is -0.344. The lowest BCUT2D eigenvalue weighted by Crippen LogP contribution is -2.34. The van der Waals surface area contributed by atoms with E-state index in [1.54, 1.807) is 42.1 Å². The zero-order chi connectivity index (χ0) is 20.1. The predicted octanol–water partition coefficient (Wildman–Crippen LogP) is 3.42. The molecular weight excluding hydrogens is 379 g/mol. The lowest BCUT2D eigenvalue weighted by Gasteiger charge is -2.13. The van der Waals surface area contributed by atoms with Crippen LogP contribution in [0.4, 0.5) is 4.39 Å². The van der Waals surface area contributed by atoms with Gasteiger partial charge < -0.3 is 5.32 Å². The average molecular weight is 400 g/mol. The van der Waals surface area contributed by atoms with Crippen molar-refractivity contribution in [3.63, 3.8) is 0 Å². The molecule has 1 aliphatic rings. The van der Waals surface area contributed by atoms with E-state index in [-0.39, 0.29) is 36.5 Å². The Kier molecular flexibility index (Phi) is 6.46. The lowest BCUT2D eigenvalue weighted by atomic mass is 10.1. The van der Waals surface area contributed by atoms with Crippen LogP contribution in [0, 0.1) is 12.7 Å². The van der Waals surface area contributed by atoms with Gasteiger partial charge in [0.1, 0.15) is 5.82 Å². The maximum atomic E-state index is 12.8. The molecule has 146 valence electrons. The monoisotopic (exact) mass is 400 g/mol. The molecule has 3 rings (SSSR count). The zero-order valence-corrected chi connectivity index (χ0v) is 16.4. The highest BCUT2D eigenvalue weighted by Gasteiger charge is 2.35. The van der Waals surface area contributed by atoms with Gasteiger partial charge in [-0.1, -0.05) is 11.6 Å². The van der Waals surface area contributed by atoms with Crippen molar-refractivity contribution >= 4 is 29.5 Å². The van der Waals surface area contributed by atoms with Crippen LogP contribution in [0.2, 0.25) is 0 Å². The number of imide groups is 1. The molecule has 2 aromatic rings. The van der Waals surface area contributed by atoms with Crippen LogP contribution >= 0.6 is 11.8 Å². The summed E-state index contributed by atoms with van der Waals surface area (Å²) in [4.78, 5) is 38.8. The molecular formula is C21H21FN2O3S. The Balaban J connectivity index is 1.37. The van der Waals surface area contributed by atoms with Crippen molar-refractivity contribution in [1.82, 2.24) is 10.2 Å². The third-order valence-corrected chi connectivity index (χ3v) is 5.51. The van der Waals surface area contributed by atoms with Gasteiger partial charge in [0, 0.05) is 24.4 Å². The number of nitrogens with one attached hydrogen (secondary N) is 1. The second-order valence-corrected chi connectivity index (χ2v) is 7.74. The number of aryl methyl sites for hydroxylation is 1. The first kappa shape index (κ1) is 20.1. The first-order chi connectivity index (χ1) is 13.5. The van der Waals surface area contributed by atoms with Gasteiger partial charge in [-0.05, 0) is 55.5 Å². The van der Waals surface area contributed by atoms with Gasteiger partial charge in [-0.3, -0.25) is 19.3 Å². The first-order valence-corrected chi connectivity index (χ1v) is 10.1. The summed E-state index contributed by atoms with van der Waals surface area (Å²) in [7, 11) is 0. The SMILES string of the molecule is Cc1ccc2c(c1)C(=O)N(CCC(=O)NCCCSc1ccc(F)cc1)C2=O. The molecule has 2 aromatic carbocycles. The molecule has 7 heteroatoms. The first-order valence-electron chi connectivity index (χ1n) is 9.07. The molecule has 0 aliphatic carbocycles. The Hall–Kier alpha value is -2.67. The van der Waals surface area contributed by atoms with Crippen LogP contribution in [0.25, 0.3) is 0 Å². The van der Waals surface area contributed by atoms with E-state index in [0.29, 0.717) is 17.7 Å². The molecule has 0 unspecified atom stereocenters. The summed E-state index contributed by atoms with van der Waals surface area (Å²) in [6.07, 6.45) is 0.843. The van der Waals surface area contributed by atoms with E-state index in [1.165, 1.54) is 12.1 Å². The van der Waals surface area contributed by atoms with E-state index in [1.807, 2.05) is 6.92 Å². The van der Waals surface area contributed by atoms with Gasteiger partial charge in [0.05, 0.1) is 11.1 Å². The van der Waals surface area contributed by atoms with E-state index < -0.39 is 0 Å². The number of nitrogens with zero attached hydrogens (tertiary/aromatic N) is 1. The molecule has 0 spiro atoms. The average Bonchev–Trinajstić information content (AvgIpc) is 2.91. The largest absolute Gasteiger partial charge is 0.356 e. The molecule has 1 aliphatic heterocycles. The van der Waals surface area contributed by atoms with E-state index in [2.05, 4.69) is 5.32 Å². The Labute approximate surface area is 167 Å². The number of hydrogen-bond donors (Lipinski definition) is 1. The molecule has 1 N–H and O–H groups in total. The third kappa shape index (κ3) is 4.78. The van der Waals surface area contributed by atoms with Gasteiger partial charge in [0.15, 0.2) is 0 Å². The number of benzene rings is 2. The van der Waals surface area contributed by atoms with Crippen molar-refractivity contribution in [2.24, 2.45) is 0 Å². The zero-order valence-electron chi connectivity index (χ0n) is 15.5. The summed E-state index contributed by atoms with van der Waals surface area (Å²) in [6.45, 7) is 2.44. The van der Waals surface area contributed by atoms with Crippen LogP contribution < -0.4 is 5.32 Å². The van der Waals surface area contributed by atoms with Crippen LogP contribution in [0.5, 0.6) is 0 Å². The van der Waals surface area contributed by atoms with Crippen molar-refractivity contribution in [3.8, 4) is 0 Å². The number of amides is 3. The molecule has 0 aromatic heterocycles. The van der Waals surface area contributed by atoms with Crippen molar-refractivity contribution in [3.05, 3.63) is 65.0 Å². The highest BCUT2D eigenvalue weighted by Crippen LogP contribution is 2.24. The summed E-state index contributed by atoms with van der Waals surface area (Å²) >= 11 is 1.59. The number of carbonyl (C=O) groups excluding carboxylic acids is 3. The van der Waals surface area contributed by atoms with Gasteiger partial charge >= 0.3 is 0 Å². The number of rotatable bonds is 8. The Morgan fingerprint density at radius 3 is 2.54 bits per heavy atom. The minimum atomic E-state index is -0.344. The number of fused-ring (bicyclic) bond motifs is 1. The van der Waals surface area contributed by atoms with E-state index in [4.69, 9.17) is 0 Å². The van der Waals surface area contributed by atoms with Crippen LogP contribution in [-0.4, -0.2) is 41.5 Å². The van der Waals surface area contributed by atoms with E-state index in [0.717, 1.165) is 27.5 Å². The highest BCUT2D eigenvalue weighted by molar-refractivity contribution is 7.99. The number of halogens is 1. The standard InChI is InChI=1S/C21H21FN2O3S/c1-14-3-8-17-18(13-14)21(27)24(20(17)26)11-9-19(25)23-10-2-12-28-16-6-4-15(22)5-7-16/h3-8,13H,2,9-12H2,1H3,(H,23,25). The second kappa shape index (κ2) is 9.01. The minimum Gasteiger partial charge on any atom is -0.356 e. The lowest BCUT2D eigenvalue weighted by molar-refractivity contribution is -0.121. The van der Waals surface area contributed by atoms with Crippen molar-refractivity contribution in [1.29, 1.82) is 0 Å². The van der Waals surface area contributed by atoms with Gasteiger partial charge in [0.2, 0.25) is 5.91 Å². The molecule has 0 atom stereocenters. The van der Waals surface area contributed by atoms with Crippen LogP contribution in [-0.2, 0) is 4.79 Å². The number of carbonyl (C=O) groups is 3. The highest BCUT2D eigenvalue weighted by atomic mass is 32.2. The summed E-state index contributed by atoms with van der Waals surface area (Å²) in [5, 5.41) is 2.80. The summed E-state index contributed by atoms with van der Waals surface area (Å²) in [5.41, 5.74) is 1.72. The Morgan fingerprint density at radius 1 is 1.07 bits per heavy atom. The fraction of sp³-hybridized carbons (Fsp3) is 0.286. The van der Waals surface area contributed by atoms with Gasteiger partial charge in [0.25, 0.3) is 11.8 Å². The van der Waals surface area contributed by atoms with Crippen molar-refractivity contribution in [2.45, 2.75) is 24.7 Å². The molecule has 1 heterocycles. The molecule has 0 fully saturated rings. The van der Waals surface area contributed by atoms with Crippen molar-refractivity contribution < 1.29 is 18.8 Å². The molecule has 0 saturated heterocycles. The van der Waals surface area contributed by atoms with Gasteiger partial charge in [-0.15, -0.1) is 11.8 Å². The molecule has 0 bridgehead atoms. The van der Waals surface area contributed by atoms with Crippen LogP contribution in [0.15, 0.2) is 47.4 Å². The minimum absolute atomic E-state index is 0.0710. The number of hydrogen-bond acceptors (Lipinski definition) is 4. The summed E-state index contributed by atoms with van der Waals surface area (Å²) < 4.78 is 12.8. The Morgan fingerprint density at radius 2 is 1.79 bits per heavy atom. The molecule has 28 heavy (non-hydrogen) atoms. The normalized spacial score (nSPS) is 13.0. The Bertz CT molecular complexity index is 899. The van der Waals surface area contributed by atoms with Crippen LogP contribution in [0.1, 0.15) is 39.1 Å². The van der Waals surface area contributed by atoms with Gasteiger partial charge in [-0.2, -0.15) is 0 Å². The van der Waals surface area contributed by atoms with E-state index in [9.17, 15) is 18.8 Å². The third-order valence-electron chi connectivity index (χ3n) is 4.41. The van der Waals surface area contributed by atoms with E-state index >= 15 is 0 Å². The fourth-order valence-electron chi connectivity index (χ4n) is 2.93. The quantitative estimate of drug-likeness (QED) is 0.419. The molecule has 3 amide bonds. The second-order valence-electron chi connectivity index (χ2n) is 6.57. The number of thioether (sulfide) groups is 1. The maximum Gasteiger partial charge on any atom is 0.261 e. The van der Waals surface area contributed by atoms with Crippen LogP contribution in [0.3, 0.4) is 0 Å². The topological polar surface area (TPSA) is 66.5 Å². The molecule has 0 radical (unpaired) electrons. The smallest absolute Gasteiger partial charge is 0.261 e. The maximum absolute atomic E-state index is 12.8. The molecule has 0 saturated carbocycles. The predicted molar refractivity (Wildman–Crippen MR) is 106 cm³/mol. The summed E-state index contributed by atoms with van der Waals surface area (Å²) in [6, 6.07) is 11.4.